The molecule has 42 heavy (non-hydrogen) atoms. The summed E-state index contributed by atoms with van der Waals surface area (Å²) >= 11 is 0. The Morgan fingerprint density at radius 1 is 1.17 bits per heavy atom. The van der Waals surface area contributed by atoms with Crippen molar-refractivity contribution in [3.63, 3.8) is 0 Å². The summed E-state index contributed by atoms with van der Waals surface area (Å²) in [7, 11) is 0. The Labute approximate surface area is 250 Å². The van der Waals surface area contributed by atoms with Crippen LogP contribution < -0.4 is 4.90 Å². The molecule has 8 heteroatoms. The van der Waals surface area contributed by atoms with E-state index in [9.17, 15) is 19.5 Å². The molecule has 1 aromatic carbocycles. The third-order valence-electron chi connectivity index (χ3n) is 9.64. The van der Waals surface area contributed by atoms with Gasteiger partial charge in [0.1, 0.15) is 17.6 Å². The van der Waals surface area contributed by atoms with Gasteiger partial charge in [0.2, 0.25) is 5.91 Å². The molecule has 3 heterocycles. The second-order valence-corrected chi connectivity index (χ2v) is 12.5. The molecule has 3 aliphatic heterocycles. The molecule has 1 spiro atoms. The zero-order chi connectivity index (χ0) is 30.7. The van der Waals surface area contributed by atoms with Crippen LogP contribution in [0.2, 0.25) is 0 Å². The van der Waals surface area contributed by atoms with Gasteiger partial charge in [0, 0.05) is 25.4 Å². The maximum Gasteiger partial charge on any atom is 0.312 e. The molecule has 230 valence electrons. The summed E-state index contributed by atoms with van der Waals surface area (Å²) in [5.41, 5.74) is 0.706. The van der Waals surface area contributed by atoms with Crippen LogP contribution in [0.3, 0.4) is 0 Å². The number of rotatable bonds is 15. The average Bonchev–Trinajstić information content (AvgIpc) is 3.47. The maximum absolute atomic E-state index is 14.8. The summed E-state index contributed by atoms with van der Waals surface area (Å²) in [5, 5.41) is 9.21. The van der Waals surface area contributed by atoms with E-state index < -0.39 is 35.0 Å². The van der Waals surface area contributed by atoms with E-state index in [1.165, 1.54) is 0 Å². The number of carbonyl (C=O) groups excluding carboxylic acids is 3. The number of ether oxygens (including phenoxy) is 2. The van der Waals surface area contributed by atoms with Crippen molar-refractivity contribution in [1.82, 2.24) is 4.90 Å². The Hall–Kier alpha value is -2.97. The third kappa shape index (κ3) is 5.55. The number of hydrogen-bond acceptors (Lipinski definition) is 6. The summed E-state index contributed by atoms with van der Waals surface area (Å²) < 4.78 is 12.6. The Morgan fingerprint density at radius 2 is 1.90 bits per heavy atom. The van der Waals surface area contributed by atoms with Crippen LogP contribution in [-0.4, -0.2) is 71.3 Å². The molecule has 3 aliphatic rings. The van der Waals surface area contributed by atoms with E-state index in [2.05, 4.69) is 13.2 Å². The number of aryl methyl sites for hydroxylation is 2. The quantitative estimate of drug-likeness (QED) is 0.180. The zero-order valence-corrected chi connectivity index (χ0v) is 25.8. The van der Waals surface area contributed by atoms with Crippen molar-refractivity contribution in [3.05, 3.63) is 54.6 Å². The molecule has 3 saturated heterocycles. The average molecular weight is 581 g/mol. The van der Waals surface area contributed by atoms with E-state index in [0.717, 1.165) is 36.1 Å². The van der Waals surface area contributed by atoms with Gasteiger partial charge in [-0.15, -0.1) is 13.2 Å². The fourth-order valence-electron chi connectivity index (χ4n) is 7.45. The first-order valence-electron chi connectivity index (χ1n) is 15.5. The van der Waals surface area contributed by atoms with E-state index in [1.54, 1.807) is 22.0 Å². The molecular weight excluding hydrogens is 532 g/mol. The molecule has 6 atom stereocenters. The molecule has 4 rings (SSSR count). The van der Waals surface area contributed by atoms with Crippen molar-refractivity contribution in [3.8, 4) is 0 Å². The van der Waals surface area contributed by atoms with Crippen LogP contribution >= 0.6 is 0 Å². The number of carbonyl (C=O) groups is 3. The molecule has 0 aromatic heterocycles. The number of hydrogen-bond donors (Lipinski definition) is 1. The van der Waals surface area contributed by atoms with Crippen molar-refractivity contribution in [1.29, 1.82) is 0 Å². The van der Waals surface area contributed by atoms with Gasteiger partial charge in [-0.05, 0) is 76.0 Å². The number of benzene rings is 1. The van der Waals surface area contributed by atoms with Crippen LogP contribution in [0, 0.1) is 31.6 Å². The molecule has 2 bridgehead atoms. The number of amides is 2. The maximum atomic E-state index is 14.8. The lowest BCUT2D eigenvalue weighted by atomic mass is 9.62. The largest absolute Gasteiger partial charge is 0.465 e. The lowest BCUT2D eigenvalue weighted by molar-refractivity contribution is -0.161. The van der Waals surface area contributed by atoms with Crippen LogP contribution in [0.15, 0.2) is 43.5 Å². The zero-order valence-electron chi connectivity index (χ0n) is 25.8. The highest BCUT2D eigenvalue weighted by Crippen LogP contribution is 2.65. The Morgan fingerprint density at radius 3 is 2.60 bits per heavy atom. The molecule has 0 aliphatic carbocycles. The van der Waals surface area contributed by atoms with Gasteiger partial charge in [-0.1, -0.05) is 44.1 Å². The fraction of sp³-hybridized carbons (Fsp3) is 0.618. The SMILES string of the molecule is C=CCCCOC(=O)[C@@H]1[C@H]2C(=O)N(CCCCCCO)C(C(=O)N(CC=C)c3cc(C)ccc3C)C23CC(C)[C@@]1(C)O3. The lowest BCUT2D eigenvalue weighted by Crippen LogP contribution is -2.57. The summed E-state index contributed by atoms with van der Waals surface area (Å²) in [6, 6.07) is 5.11. The van der Waals surface area contributed by atoms with Crippen molar-refractivity contribution in [2.75, 3.05) is 31.2 Å². The minimum absolute atomic E-state index is 0.0550. The molecule has 1 N–H and O–H groups in total. The van der Waals surface area contributed by atoms with E-state index in [-0.39, 0.29) is 37.5 Å². The van der Waals surface area contributed by atoms with Crippen molar-refractivity contribution in [2.45, 2.75) is 89.9 Å². The molecule has 3 fully saturated rings. The molecular formula is C34H48N2O6. The van der Waals surface area contributed by atoms with E-state index in [0.29, 0.717) is 32.2 Å². The highest BCUT2D eigenvalue weighted by molar-refractivity contribution is 6.05. The molecule has 0 radical (unpaired) electrons. The van der Waals surface area contributed by atoms with Gasteiger partial charge in [-0.25, -0.2) is 0 Å². The number of likely N-dealkylation sites (tertiary alicyclic amines) is 1. The van der Waals surface area contributed by atoms with E-state index in [1.807, 2.05) is 45.9 Å². The predicted molar refractivity (Wildman–Crippen MR) is 163 cm³/mol. The van der Waals surface area contributed by atoms with Crippen LogP contribution in [0.4, 0.5) is 5.69 Å². The van der Waals surface area contributed by atoms with Crippen LogP contribution in [0.5, 0.6) is 0 Å². The van der Waals surface area contributed by atoms with Crippen molar-refractivity contribution in [2.24, 2.45) is 17.8 Å². The number of anilines is 1. The first kappa shape index (κ1) is 32.0. The van der Waals surface area contributed by atoms with Gasteiger partial charge in [0.15, 0.2) is 0 Å². The number of nitrogens with zero attached hydrogens (tertiary/aromatic N) is 2. The minimum Gasteiger partial charge on any atom is -0.465 e. The first-order chi connectivity index (χ1) is 20.1. The van der Waals surface area contributed by atoms with E-state index in [4.69, 9.17) is 9.47 Å². The molecule has 2 amide bonds. The number of fused-ring (bicyclic) bond motifs is 1. The fourth-order valence-corrected chi connectivity index (χ4v) is 7.45. The van der Waals surface area contributed by atoms with Gasteiger partial charge in [-0.3, -0.25) is 14.4 Å². The second-order valence-electron chi connectivity index (χ2n) is 12.5. The monoisotopic (exact) mass is 580 g/mol. The minimum atomic E-state index is -1.13. The van der Waals surface area contributed by atoms with Crippen LogP contribution in [0.25, 0.3) is 0 Å². The smallest absolute Gasteiger partial charge is 0.312 e. The van der Waals surface area contributed by atoms with Gasteiger partial charge < -0.3 is 24.4 Å². The standard InChI is InChI=1S/C34H48N2O6/c1-7-9-14-20-41-32(40)28-27-30(38)36(18-12-10-11-13-19-37)29(34(27)22-25(5)33(28,6)42-34)31(39)35(17-8-2)26-21-23(3)15-16-24(26)4/h7-8,15-16,21,25,27-29,37H,1-2,9-14,17-20,22H2,3-6H3/t25?,27-,28-,29?,33+,34?/m0/s1. The number of allylic oxidation sites excluding steroid dienone is 1. The summed E-state index contributed by atoms with van der Waals surface area (Å²) in [4.78, 5) is 46.2. The highest BCUT2D eigenvalue weighted by atomic mass is 16.6. The number of esters is 1. The third-order valence-corrected chi connectivity index (χ3v) is 9.64. The summed E-state index contributed by atoms with van der Waals surface area (Å²) in [5.74, 6) is -2.49. The second kappa shape index (κ2) is 13.1. The molecule has 0 saturated carbocycles. The van der Waals surface area contributed by atoms with Crippen molar-refractivity contribution < 1.29 is 29.0 Å². The summed E-state index contributed by atoms with van der Waals surface area (Å²) in [6.45, 7) is 16.6. The summed E-state index contributed by atoms with van der Waals surface area (Å²) in [6.07, 6.45) is 8.42. The first-order valence-corrected chi connectivity index (χ1v) is 15.5. The molecule has 8 nitrogen and oxygen atoms in total. The van der Waals surface area contributed by atoms with Gasteiger partial charge in [-0.2, -0.15) is 0 Å². The Balaban J connectivity index is 1.75. The Bertz CT molecular complexity index is 1200. The van der Waals surface area contributed by atoms with Crippen LogP contribution in [-0.2, 0) is 23.9 Å². The van der Waals surface area contributed by atoms with Gasteiger partial charge >= 0.3 is 5.97 Å². The molecule has 1 aromatic rings. The Kier molecular flexibility index (Phi) is 9.99. The van der Waals surface area contributed by atoms with E-state index >= 15 is 0 Å². The topological polar surface area (TPSA) is 96.4 Å². The van der Waals surface area contributed by atoms with Crippen LogP contribution in [0.1, 0.15) is 69.9 Å². The molecule has 3 unspecified atom stereocenters. The normalized spacial score (nSPS) is 29.5. The van der Waals surface area contributed by atoms with Gasteiger partial charge in [0.25, 0.3) is 5.91 Å². The van der Waals surface area contributed by atoms with Gasteiger partial charge in [0.05, 0.1) is 18.1 Å². The van der Waals surface area contributed by atoms with Crippen molar-refractivity contribution >= 4 is 23.5 Å². The number of unbranched alkanes of at least 4 members (excludes halogenated alkanes) is 4. The number of aliphatic hydroxyl groups excluding tert-OH is 1. The number of aliphatic hydroxyl groups is 1. The predicted octanol–water partition coefficient (Wildman–Crippen LogP) is 4.90. The highest BCUT2D eigenvalue weighted by Gasteiger charge is 2.80. The lowest BCUT2D eigenvalue weighted by Gasteiger charge is -2.37.